The van der Waals surface area contributed by atoms with Crippen LogP contribution in [0.3, 0.4) is 0 Å². The van der Waals surface area contributed by atoms with Crippen molar-refractivity contribution < 1.29 is 4.79 Å². The van der Waals surface area contributed by atoms with E-state index in [0.29, 0.717) is 16.6 Å². The second-order valence-electron chi connectivity index (χ2n) is 7.67. The minimum Gasteiger partial charge on any atom is -0.310 e. The Labute approximate surface area is 193 Å². The molecule has 0 fully saturated rings. The van der Waals surface area contributed by atoms with E-state index in [-0.39, 0.29) is 5.91 Å². The van der Waals surface area contributed by atoms with Crippen LogP contribution in [-0.2, 0) is 17.6 Å². The molecule has 2 aromatic heterocycles. The monoisotopic (exact) mass is 468 g/mol. The van der Waals surface area contributed by atoms with E-state index in [1.54, 1.807) is 16.0 Å². The van der Waals surface area contributed by atoms with Crippen molar-refractivity contribution in [2.45, 2.75) is 37.5 Å². The Morgan fingerprint density at radius 1 is 1.16 bits per heavy atom. The first kappa shape index (κ1) is 20.5. The molecule has 2 aromatic carbocycles. The summed E-state index contributed by atoms with van der Waals surface area (Å²) in [4.78, 5) is 18.4. The summed E-state index contributed by atoms with van der Waals surface area (Å²) in [5.41, 5.74) is 4.70. The third-order valence-corrected chi connectivity index (χ3v) is 7.56. The average molecular weight is 469 g/mol. The Kier molecular flexibility index (Phi) is 5.73. The zero-order chi connectivity index (χ0) is 21.4. The summed E-state index contributed by atoms with van der Waals surface area (Å²) in [5, 5.41) is 9.03. The van der Waals surface area contributed by atoms with Gasteiger partial charge in [-0.05, 0) is 80.1 Å². The smallest absolute Gasteiger partial charge is 0.235 e. The van der Waals surface area contributed by atoms with Crippen molar-refractivity contribution in [1.29, 1.82) is 0 Å². The molecular weight excluding hydrogens is 448 g/mol. The lowest BCUT2D eigenvalue weighted by Gasteiger charge is -2.14. The Morgan fingerprint density at radius 2 is 1.90 bits per heavy atom. The van der Waals surface area contributed by atoms with Gasteiger partial charge in [-0.15, -0.1) is 11.8 Å². The van der Waals surface area contributed by atoms with Crippen molar-refractivity contribution in [2.75, 3.05) is 11.1 Å². The van der Waals surface area contributed by atoms with Gasteiger partial charge in [0.15, 0.2) is 0 Å². The van der Waals surface area contributed by atoms with Gasteiger partial charge in [0, 0.05) is 16.0 Å². The van der Waals surface area contributed by atoms with Gasteiger partial charge in [0.1, 0.15) is 5.82 Å². The number of anilines is 1. The molecule has 0 saturated carbocycles. The number of fused-ring (bicyclic) bond motifs is 2. The van der Waals surface area contributed by atoms with Crippen LogP contribution in [0.4, 0.5) is 5.82 Å². The second kappa shape index (κ2) is 8.65. The summed E-state index contributed by atoms with van der Waals surface area (Å²) in [6, 6.07) is 13.9. The molecule has 1 aliphatic rings. The molecule has 2 heterocycles. The van der Waals surface area contributed by atoms with Crippen molar-refractivity contribution in [3.8, 4) is 5.13 Å². The van der Waals surface area contributed by atoms with E-state index < -0.39 is 0 Å². The fraction of sp³-hybridized carbons (Fsp3) is 0.261. The highest BCUT2D eigenvalue weighted by Crippen LogP contribution is 2.32. The highest BCUT2D eigenvalue weighted by atomic mass is 35.5. The number of rotatable bonds is 5. The van der Waals surface area contributed by atoms with Crippen LogP contribution in [0.5, 0.6) is 0 Å². The number of nitrogens with zero attached hydrogens (tertiary/aromatic N) is 3. The Bertz CT molecular complexity index is 1220. The number of carbonyl (C=O) groups is 1. The number of halogens is 1. The number of hydrogen-bond donors (Lipinski definition) is 1. The standard InChI is InChI=1S/C23H21ClN4OS2/c1-14-10-21(26-22(29)13-30-18-8-6-17(24)7-9-18)28(27-14)23-25-19-11-15-4-2-3-5-16(15)12-20(19)31-23/h6-12H,2-5,13H2,1H3,(H,26,29). The summed E-state index contributed by atoms with van der Waals surface area (Å²) in [6.45, 7) is 1.92. The lowest BCUT2D eigenvalue weighted by molar-refractivity contribution is -0.113. The van der Waals surface area contributed by atoms with E-state index >= 15 is 0 Å². The molecule has 0 unspecified atom stereocenters. The van der Waals surface area contributed by atoms with Gasteiger partial charge in [0.25, 0.3) is 0 Å². The van der Waals surface area contributed by atoms with Gasteiger partial charge in [0.05, 0.1) is 21.7 Å². The molecule has 158 valence electrons. The third-order valence-electron chi connectivity index (χ3n) is 5.30. The molecule has 4 aromatic rings. The van der Waals surface area contributed by atoms with Crippen molar-refractivity contribution >= 4 is 56.6 Å². The van der Waals surface area contributed by atoms with Crippen molar-refractivity contribution in [2.24, 2.45) is 0 Å². The Balaban J connectivity index is 1.36. The molecular formula is C23H21ClN4OS2. The van der Waals surface area contributed by atoms with Crippen LogP contribution in [0.2, 0.25) is 5.02 Å². The molecule has 0 spiro atoms. The number of hydrogen-bond acceptors (Lipinski definition) is 5. The first-order valence-electron chi connectivity index (χ1n) is 10.2. The number of nitrogens with one attached hydrogen (secondary N) is 1. The maximum absolute atomic E-state index is 12.6. The molecule has 8 heteroatoms. The Hall–Kier alpha value is -2.35. The zero-order valence-corrected chi connectivity index (χ0v) is 19.4. The maximum Gasteiger partial charge on any atom is 0.235 e. The number of carbonyl (C=O) groups excluding carboxylic acids is 1. The number of benzene rings is 2. The molecule has 0 radical (unpaired) electrons. The molecule has 0 bridgehead atoms. The van der Waals surface area contributed by atoms with E-state index in [1.165, 1.54) is 40.4 Å². The number of thioether (sulfide) groups is 1. The summed E-state index contributed by atoms with van der Waals surface area (Å²) in [5.74, 6) is 0.860. The lowest BCUT2D eigenvalue weighted by Crippen LogP contribution is -2.16. The van der Waals surface area contributed by atoms with E-state index in [2.05, 4.69) is 22.5 Å². The third kappa shape index (κ3) is 4.49. The molecule has 0 saturated heterocycles. The first-order chi connectivity index (χ1) is 15.0. The molecule has 1 aliphatic carbocycles. The molecule has 0 aliphatic heterocycles. The maximum atomic E-state index is 12.6. The molecule has 1 amide bonds. The number of amides is 1. The number of aromatic nitrogens is 3. The minimum atomic E-state index is -0.0855. The van der Waals surface area contributed by atoms with Gasteiger partial charge in [-0.3, -0.25) is 4.79 Å². The van der Waals surface area contributed by atoms with Crippen LogP contribution in [0.1, 0.15) is 29.7 Å². The summed E-state index contributed by atoms with van der Waals surface area (Å²) in [7, 11) is 0. The van der Waals surface area contributed by atoms with Crippen LogP contribution in [-0.4, -0.2) is 26.4 Å². The largest absolute Gasteiger partial charge is 0.310 e. The minimum absolute atomic E-state index is 0.0855. The van der Waals surface area contributed by atoms with Crippen LogP contribution in [0.25, 0.3) is 15.3 Å². The highest BCUT2D eigenvalue weighted by Gasteiger charge is 2.17. The van der Waals surface area contributed by atoms with Gasteiger partial charge < -0.3 is 5.32 Å². The van der Waals surface area contributed by atoms with Crippen molar-refractivity contribution in [3.63, 3.8) is 0 Å². The van der Waals surface area contributed by atoms with Crippen molar-refractivity contribution in [3.05, 3.63) is 64.3 Å². The first-order valence-corrected chi connectivity index (χ1v) is 12.4. The van der Waals surface area contributed by atoms with Gasteiger partial charge in [-0.25, -0.2) is 4.98 Å². The van der Waals surface area contributed by atoms with Crippen molar-refractivity contribution in [1.82, 2.24) is 14.8 Å². The number of aryl methyl sites for hydroxylation is 3. The van der Waals surface area contributed by atoms with E-state index in [1.807, 2.05) is 37.3 Å². The molecule has 1 N–H and O–H groups in total. The van der Waals surface area contributed by atoms with E-state index in [0.717, 1.165) is 34.1 Å². The van der Waals surface area contributed by atoms with Crippen LogP contribution >= 0.6 is 34.7 Å². The molecule has 5 nitrogen and oxygen atoms in total. The summed E-state index contributed by atoms with van der Waals surface area (Å²) < 4.78 is 2.91. The van der Waals surface area contributed by atoms with Crippen LogP contribution in [0, 0.1) is 6.92 Å². The molecule has 31 heavy (non-hydrogen) atoms. The highest BCUT2D eigenvalue weighted by molar-refractivity contribution is 8.00. The zero-order valence-electron chi connectivity index (χ0n) is 17.0. The molecule has 0 atom stereocenters. The molecule has 5 rings (SSSR count). The van der Waals surface area contributed by atoms with E-state index in [4.69, 9.17) is 16.6 Å². The van der Waals surface area contributed by atoms with Gasteiger partial charge in [-0.1, -0.05) is 22.9 Å². The van der Waals surface area contributed by atoms with Gasteiger partial charge in [-0.2, -0.15) is 9.78 Å². The predicted molar refractivity (Wildman–Crippen MR) is 129 cm³/mol. The number of thiazole rings is 1. The fourth-order valence-electron chi connectivity index (χ4n) is 3.83. The fourth-order valence-corrected chi connectivity index (χ4v) is 5.63. The quantitative estimate of drug-likeness (QED) is 0.362. The van der Waals surface area contributed by atoms with Gasteiger partial charge >= 0.3 is 0 Å². The predicted octanol–water partition coefficient (Wildman–Crippen LogP) is 6.05. The SMILES string of the molecule is Cc1cc(NC(=O)CSc2ccc(Cl)cc2)n(-c2nc3cc4c(cc3s2)CCCC4)n1. The second-order valence-corrected chi connectivity index (χ2v) is 10.2. The van der Waals surface area contributed by atoms with Gasteiger partial charge in [0.2, 0.25) is 11.0 Å². The average Bonchev–Trinajstić information content (AvgIpc) is 3.33. The summed E-state index contributed by atoms with van der Waals surface area (Å²) in [6.07, 6.45) is 4.78. The summed E-state index contributed by atoms with van der Waals surface area (Å²) >= 11 is 9.00. The van der Waals surface area contributed by atoms with Crippen LogP contribution < -0.4 is 5.32 Å². The van der Waals surface area contributed by atoms with Crippen LogP contribution in [0.15, 0.2) is 47.4 Å². The lowest BCUT2D eigenvalue weighted by atomic mass is 9.92. The van der Waals surface area contributed by atoms with E-state index in [9.17, 15) is 4.79 Å². The normalized spacial score (nSPS) is 13.4. The Morgan fingerprint density at radius 3 is 2.68 bits per heavy atom. The topological polar surface area (TPSA) is 59.8 Å².